The molecule has 3 aromatic rings. The van der Waals surface area contributed by atoms with Crippen molar-refractivity contribution in [1.29, 1.82) is 0 Å². The maximum absolute atomic E-state index is 12.6. The van der Waals surface area contributed by atoms with Gasteiger partial charge in [0, 0.05) is 0 Å². The molecule has 0 N–H and O–H groups in total. The van der Waals surface area contributed by atoms with Gasteiger partial charge in [0.1, 0.15) is 17.5 Å². The molecule has 0 aliphatic heterocycles. The number of esters is 1. The predicted molar refractivity (Wildman–Crippen MR) is 85.9 cm³/mol. The van der Waals surface area contributed by atoms with E-state index in [-0.39, 0.29) is 23.4 Å². The zero-order valence-corrected chi connectivity index (χ0v) is 13.9. The highest BCUT2D eigenvalue weighted by molar-refractivity contribution is 5.86. The van der Waals surface area contributed by atoms with E-state index in [2.05, 4.69) is 14.8 Å². The van der Waals surface area contributed by atoms with Crippen LogP contribution in [0.1, 0.15) is 37.1 Å². The molecule has 0 saturated carbocycles. The molecule has 8 heteroatoms. The molecule has 0 radical (unpaired) electrons. The molecule has 3 aromatic heterocycles. The Morgan fingerprint density at radius 3 is 2.75 bits per heavy atom. The number of aromatic nitrogens is 4. The Morgan fingerprint density at radius 1 is 1.33 bits per heavy atom. The van der Waals surface area contributed by atoms with Gasteiger partial charge in [0.2, 0.25) is 5.76 Å². The standard InChI is InChI=1S/C16H18N4O4/c1-16(2,3)20-13-11(7-18-20)14(21)19(9-17-13)8-10-5-6-12(24-10)15(22)23-4/h5-7,9H,8H2,1-4H3. The second kappa shape index (κ2) is 5.63. The number of hydrogen-bond acceptors (Lipinski definition) is 6. The number of fused-ring (bicyclic) bond motifs is 1. The van der Waals surface area contributed by atoms with Gasteiger partial charge in [-0.2, -0.15) is 5.10 Å². The molecule has 0 unspecified atom stereocenters. The number of ether oxygens (including phenoxy) is 1. The Morgan fingerprint density at radius 2 is 2.08 bits per heavy atom. The van der Waals surface area contributed by atoms with E-state index in [0.717, 1.165) is 0 Å². The average molecular weight is 330 g/mol. The zero-order valence-electron chi connectivity index (χ0n) is 13.9. The van der Waals surface area contributed by atoms with Crippen molar-refractivity contribution in [2.45, 2.75) is 32.9 Å². The van der Waals surface area contributed by atoms with Gasteiger partial charge in [-0.1, -0.05) is 0 Å². The molecule has 0 aliphatic carbocycles. The summed E-state index contributed by atoms with van der Waals surface area (Å²) in [6.45, 7) is 6.14. The van der Waals surface area contributed by atoms with Gasteiger partial charge in [-0.3, -0.25) is 9.36 Å². The summed E-state index contributed by atoms with van der Waals surface area (Å²) in [7, 11) is 1.28. The Balaban J connectivity index is 1.97. The quantitative estimate of drug-likeness (QED) is 0.680. The van der Waals surface area contributed by atoms with E-state index < -0.39 is 5.97 Å². The predicted octanol–water partition coefficient (Wildman–Crippen LogP) is 1.78. The topological polar surface area (TPSA) is 92.2 Å². The third kappa shape index (κ3) is 2.70. The highest BCUT2D eigenvalue weighted by Crippen LogP contribution is 2.18. The van der Waals surface area contributed by atoms with Gasteiger partial charge in [-0.15, -0.1) is 0 Å². The summed E-state index contributed by atoms with van der Waals surface area (Å²) in [6, 6.07) is 3.14. The van der Waals surface area contributed by atoms with E-state index in [9.17, 15) is 9.59 Å². The highest BCUT2D eigenvalue weighted by Gasteiger charge is 2.20. The van der Waals surface area contributed by atoms with Gasteiger partial charge in [0.25, 0.3) is 5.56 Å². The molecule has 0 aromatic carbocycles. The molecular weight excluding hydrogens is 312 g/mol. The van der Waals surface area contributed by atoms with Crippen LogP contribution in [0.4, 0.5) is 0 Å². The van der Waals surface area contributed by atoms with Gasteiger partial charge in [-0.05, 0) is 32.9 Å². The fraction of sp³-hybridized carbons (Fsp3) is 0.375. The van der Waals surface area contributed by atoms with Crippen molar-refractivity contribution < 1.29 is 13.9 Å². The van der Waals surface area contributed by atoms with Gasteiger partial charge >= 0.3 is 5.97 Å². The largest absolute Gasteiger partial charge is 0.463 e. The highest BCUT2D eigenvalue weighted by atomic mass is 16.5. The number of methoxy groups -OCH3 is 1. The third-order valence-electron chi connectivity index (χ3n) is 3.56. The van der Waals surface area contributed by atoms with Crippen LogP contribution in [0, 0.1) is 0 Å². The molecule has 3 rings (SSSR count). The van der Waals surface area contributed by atoms with Crippen molar-refractivity contribution >= 4 is 17.0 Å². The molecule has 0 spiro atoms. The molecule has 0 bridgehead atoms. The van der Waals surface area contributed by atoms with Crippen LogP contribution in [0.2, 0.25) is 0 Å². The normalized spacial score (nSPS) is 11.8. The lowest BCUT2D eigenvalue weighted by molar-refractivity contribution is 0.0563. The minimum Gasteiger partial charge on any atom is -0.463 e. The summed E-state index contributed by atoms with van der Waals surface area (Å²) in [5.74, 6) is -0.00868. The second-order valence-electron chi connectivity index (χ2n) is 6.40. The van der Waals surface area contributed by atoms with Crippen LogP contribution >= 0.6 is 0 Å². The Hall–Kier alpha value is -2.90. The smallest absolute Gasteiger partial charge is 0.373 e. The number of rotatable bonds is 3. The van der Waals surface area contributed by atoms with E-state index in [1.165, 1.54) is 30.3 Å². The lowest BCUT2D eigenvalue weighted by atomic mass is 10.1. The first-order chi connectivity index (χ1) is 11.3. The van der Waals surface area contributed by atoms with E-state index in [0.29, 0.717) is 16.8 Å². The van der Waals surface area contributed by atoms with Crippen LogP contribution in [-0.4, -0.2) is 32.4 Å². The monoisotopic (exact) mass is 330 g/mol. The molecule has 126 valence electrons. The first-order valence-electron chi connectivity index (χ1n) is 7.42. The fourth-order valence-electron chi connectivity index (χ4n) is 2.39. The van der Waals surface area contributed by atoms with Crippen LogP contribution in [0.3, 0.4) is 0 Å². The minimum absolute atomic E-state index is 0.0927. The van der Waals surface area contributed by atoms with Gasteiger partial charge in [-0.25, -0.2) is 14.5 Å². The maximum atomic E-state index is 12.6. The zero-order chi connectivity index (χ0) is 17.5. The van der Waals surface area contributed by atoms with Crippen molar-refractivity contribution in [3.8, 4) is 0 Å². The average Bonchev–Trinajstić information content (AvgIpc) is 3.16. The lowest BCUT2D eigenvalue weighted by Gasteiger charge is -2.19. The van der Waals surface area contributed by atoms with Crippen molar-refractivity contribution in [3.05, 3.63) is 46.5 Å². The number of hydrogen-bond donors (Lipinski definition) is 0. The SMILES string of the molecule is COC(=O)c1ccc(Cn2cnc3c(cnn3C(C)(C)C)c2=O)o1. The summed E-state index contributed by atoms with van der Waals surface area (Å²) in [5.41, 5.74) is 0.0500. The van der Waals surface area contributed by atoms with Crippen LogP contribution in [0.25, 0.3) is 11.0 Å². The first-order valence-corrected chi connectivity index (χ1v) is 7.42. The summed E-state index contributed by atoms with van der Waals surface area (Å²) in [4.78, 5) is 28.4. The first kappa shape index (κ1) is 16.0. The Kier molecular flexibility index (Phi) is 3.75. The van der Waals surface area contributed by atoms with E-state index in [4.69, 9.17) is 4.42 Å². The molecule has 0 fully saturated rings. The summed E-state index contributed by atoms with van der Waals surface area (Å²) in [5, 5.41) is 4.71. The van der Waals surface area contributed by atoms with Gasteiger partial charge in [0.05, 0.1) is 25.4 Å². The lowest BCUT2D eigenvalue weighted by Crippen LogP contribution is -2.25. The molecule has 0 atom stereocenters. The van der Waals surface area contributed by atoms with Gasteiger partial charge < -0.3 is 9.15 Å². The minimum atomic E-state index is -0.561. The molecule has 0 saturated heterocycles. The van der Waals surface area contributed by atoms with Crippen molar-refractivity contribution in [2.75, 3.05) is 7.11 Å². The van der Waals surface area contributed by atoms with Crippen molar-refractivity contribution in [1.82, 2.24) is 19.3 Å². The molecule has 24 heavy (non-hydrogen) atoms. The van der Waals surface area contributed by atoms with Crippen LogP contribution in [-0.2, 0) is 16.8 Å². The van der Waals surface area contributed by atoms with Crippen LogP contribution in [0.15, 0.2) is 33.9 Å². The summed E-state index contributed by atoms with van der Waals surface area (Å²) < 4.78 is 13.1. The van der Waals surface area contributed by atoms with Crippen LogP contribution < -0.4 is 5.56 Å². The number of nitrogens with zero attached hydrogens (tertiary/aromatic N) is 4. The van der Waals surface area contributed by atoms with E-state index in [1.807, 2.05) is 20.8 Å². The molecular formula is C16H18N4O4. The molecule has 0 aliphatic rings. The number of carbonyl (C=O) groups excluding carboxylic acids is 1. The Bertz CT molecular complexity index is 959. The fourth-order valence-corrected chi connectivity index (χ4v) is 2.39. The second-order valence-corrected chi connectivity index (χ2v) is 6.40. The van der Waals surface area contributed by atoms with E-state index >= 15 is 0 Å². The van der Waals surface area contributed by atoms with Crippen molar-refractivity contribution in [3.63, 3.8) is 0 Å². The van der Waals surface area contributed by atoms with Crippen LogP contribution in [0.5, 0.6) is 0 Å². The van der Waals surface area contributed by atoms with E-state index in [1.54, 1.807) is 10.7 Å². The Labute approximate surface area is 137 Å². The summed E-state index contributed by atoms with van der Waals surface area (Å²) in [6.07, 6.45) is 2.98. The summed E-state index contributed by atoms with van der Waals surface area (Å²) >= 11 is 0. The third-order valence-corrected chi connectivity index (χ3v) is 3.56. The van der Waals surface area contributed by atoms with Crippen molar-refractivity contribution in [2.24, 2.45) is 0 Å². The maximum Gasteiger partial charge on any atom is 0.373 e. The molecule has 3 heterocycles. The molecule has 0 amide bonds. The number of furan rings is 1. The van der Waals surface area contributed by atoms with Gasteiger partial charge in [0.15, 0.2) is 5.65 Å². The molecule has 8 nitrogen and oxygen atoms in total. The number of carbonyl (C=O) groups is 1.